The lowest BCUT2D eigenvalue weighted by Gasteiger charge is -2.38. The van der Waals surface area contributed by atoms with Gasteiger partial charge in [-0.2, -0.15) is 0 Å². The largest absolute Gasteiger partial charge is 0.507 e. The normalized spacial score (nSPS) is 26.4. The highest BCUT2D eigenvalue weighted by Gasteiger charge is 2.44. The third kappa shape index (κ3) is 4.26. The van der Waals surface area contributed by atoms with Crippen LogP contribution in [0.3, 0.4) is 0 Å². The van der Waals surface area contributed by atoms with Crippen LogP contribution < -0.4 is 11.1 Å². The fraction of sp³-hybridized carbons (Fsp3) is 0.444. The number of rotatable bonds is 6. The van der Waals surface area contributed by atoms with Gasteiger partial charge in [-0.05, 0) is 25.8 Å². The van der Waals surface area contributed by atoms with Gasteiger partial charge in [-0.25, -0.2) is 0 Å². The van der Waals surface area contributed by atoms with Crippen LogP contribution in [0.15, 0.2) is 18.2 Å². The number of phenols is 2. The number of ketones is 3. The second-order valence-electron chi connectivity index (χ2n) is 9.98. The van der Waals surface area contributed by atoms with Gasteiger partial charge in [0.2, 0.25) is 0 Å². The second kappa shape index (κ2) is 10.1. The average molecular weight is 527 g/mol. The van der Waals surface area contributed by atoms with Crippen LogP contribution in [0, 0.1) is 5.92 Å². The van der Waals surface area contributed by atoms with E-state index in [1.54, 1.807) is 12.1 Å². The van der Waals surface area contributed by atoms with E-state index in [-0.39, 0.29) is 78.2 Å². The molecule has 1 aliphatic heterocycles. The van der Waals surface area contributed by atoms with Gasteiger partial charge in [0.1, 0.15) is 17.3 Å². The number of aliphatic hydroxyl groups excluding tert-OH is 2. The average Bonchev–Trinajstić information content (AvgIpc) is 2.89. The molecular formula is C27H30N2O9. The van der Waals surface area contributed by atoms with Gasteiger partial charge in [0.05, 0.1) is 42.1 Å². The Bertz CT molecular complexity index is 1320. The van der Waals surface area contributed by atoms with Crippen molar-refractivity contribution < 1.29 is 44.3 Å². The molecule has 5 atom stereocenters. The van der Waals surface area contributed by atoms with Crippen molar-refractivity contribution in [3.05, 3.63) is 51.6 Å². The van der Waals surface area contributed by atoms with Crippen molar-refractivity contribution in [3.8, 4) is 11.5 Å². The maximum Gasteiger partial charge on any atom is 0.200 e. The van der Waals surface area contributed by atoms with E-state index in [1.165, 1.54) is 13.0 Å². The molecule has 1 fully saturated rings. The predicted molar refractivity (Wildman–Crippen MR) is 133 cm³/mol. The number of ether oxygens (including phenoxy) is 2. The smallest absolute Gasteiger partial charge is 0.200 e. The zero-order valence-electron chi connectivity index (χ0n) is 20.8. The molecule has 2 aromatic carbocycles. The summed E-state index contributed by atoms with van der Waals surface area (Å²) in [5, 5.41) is 44.9. The van der Waals surface area contributed by atoms with Gasteiger partial charge in [0.15, 0.2) is 17.9 Å². The van der Waals surface area contributed by atoms with E-state index in [9.17, 15) is 34.8 Å². The quantitative estimate of drug-likeness (QED) is 0.251. The van der Waals surface area contributed by atoms with Crippen molar-refractivity contribution in [2.45, 2.75) is 50.7 Å². The number of carbonyl (C=O) groups is 3. The maximum absolute atomic E-state index is 13.8. The summed E-state index contributed by atoms with van der Waals surface area (Å²) in [5.41, 5.74) is 5.97. The summed E-state index contributed by atoms with van der Waals surface area (Å²) < 4.78 is 11.7. The molecule has 0 amide bonds. The molecule has 7 N–H and O–H groups in total. The topological polar surface area (TPSA) is 189 Å². The highest BCUT2D eigenvalue weighted by atomic mass is 16.7. The highest BCUT2D eigenvalue weighted by Crippen LogP contribution is 2.51. The molecule has 202 valence electrons. The molecule has 0 radical (unpaired) electrons. The van der Waals surface area contributed by atoms with Crippen LogP contribution >= 0.6 is 0 Å². The van der Waals surface area contributed by atoms with Crippen molar-refractivity contribution in [1.82, 2.24) is 0 Å². The van der Waals surface area contributed by atoms with Crippen molar-refractivity contribution in [2.75, 3.05) is 25.1 Å². The molecule has 0 aromatic heterocycles. The molecule has 0 bridgehead atoms. The summed E-state index contributed by atoms with van der Waals surface area (Å²) in [6.07, 6.45) is -2.33. The lowest BCUT2D eigenvalue weighted by atomic mass is 9.73. The van der Waals surface area contributed by atoms with Crippen molar-refractivity contribution in [3.63, 3.8) is 0 Å². The van der Waals surface area contributed by atoms with Gasteiger partial charge in [0.25, 0.3) is 0 Å². The minimum Gasteiger partial charge on any atom is -0.507 e. The predicted octanol–water partition coefficient (Wildman–Crippen LogP) is 0.921. The molecule has 0 spiro atoms. The first kappa shape index (κ1) is 26.3. The Balaban J connectivity index is 1.64. The molecule has 5 rings (SSSR count). The lowest BCUT2D eigenvalue weighted by Crippen LogP contribution is -2.47. The van der Waals surface area contributed by atoms with Crippen LogP contribution in [-0.2, 0) is 20.7 Å². The van der Waals surface area contributed by atoms with E-state index in [4.69, 9.17) is 15.2 Å². The Hall–Kier alpha value is -3.35. The molecule has 11 nitrogen and oxygen atoms in total. The number of nitrogens with one attached hydrogen (secondary N) is 1. The molecule has 0 saturated carbocycles. The number of carbonyl (C=O) groups excluding carboxylic acids is 3. The molecule has 1 saturated heterocycles. The number of aliphatic hydroxyl groups is 2. The number of phenolic OH excluding ortho intramolecular Hbond substituents is 2. The number of anilines is 1. The molecule has 3 aliphatic rings. The second-order valence-corrected chi connectivity index (χ2v) is 9.98. The first-order chi connectivity index (χ1) is 18.1. The van der Waals surface area contributed by atoms with Crippen LogP contribution in [-0.4, -0.2) is 76.0 Å². The van der Waals surface area contributed by atoms with Crippen LogP contribution in [0.5, 0.6) is 11.5 Å². The number of nitrogens with two attached hydrogens (primary N) is 1. The zero-order chi connectivity index (χ0) is 27.3. The van der Waals surface area contributed by atoms with Crippen LogP contribution in [0.2, 0.25) is 0 Å². The van der Waals surface area contributed by atoms with Gasteiger partial charge in [-0.15, -0.1) is 0 Å². The number of hydrogen-bond donors (Lipinski definition) is 6. The Kier molecular flexibility index (Phi) is 6.97. The maximum atomic E-state index is 13.8. The molecule has 2 unspecified atom stereocenters. The van der Waals surface area contributed by atoms with Crippen LogP contribution in [0.1, 0.15) is 68.8 Å². The Morgan fingerprint density at radius 3 is 2.55 bits per heavy atom. The third-order valence-corrected chi connectivity index (χ3v) is 7.58. The third-order valence-electron chi connectivity index (χ3n) is 7.58. The van der Waals surface area contributed by atoms with E-state index in [0.717, 1.165) is 0 Å². The zero-order valence-corrected chi connectivity index (χ0v) is 20.8. The SMILES string of the molecule is CC(=O)C1Cc2c(O)c3c(c(O)c2[C@@H](OC2C[C@H](N)[C@H](O)CO2)C1)C(=O)c1c(NCCO)cccc1C3=O. The van der Waals surface area contributed by atoms with E-state index in [2.05, 4.69) is 5.32 Å². The van der Waals surface area contributed by atoms with Gasteiger partial charge in [0, 0.05) is 47.3 Å². The first-order valence-electron chi connectivity index (χ1n) is 12.5. The molecular weight excluding hydrogens is 496 g/mol. The molecule has 2 aromatic rings. The molecule has 1 heterocycles. The summed E-state index contributed by atoms with van der Waals surface area (Å²) in [6, 6.07) is 4.01. The number of Topliss-reactive ketones (excluding diaryl/α,β-unsaturated/α-hetero) is 1. The summed E-state index contributed by atoms with van der Waals surface area (Å²) in [4.78, 5) is 39.7. The van der Waals surface area contributed by atoms with Gasteiger partial charge in [-0.1, -0.05) is 12.1 Å². The van der Waals surface area contributed by atoms with Gasteiger partial charge < -0.3 is 41.0 Å². The van der Waals surface area contributed by atoms with Crippen molar-refractivity contribution in [2.24, 2.45) is 11.7 Å². The number of aromatic hydroxyl groups is 2. The van der Waals surface area contributed by atoms with E-state index in [1.807, 2.05) is 0 Å². The number of fused-ring (bicyclic) bond motifs is 3. The summed E-state index contributed by atoms with van der Waals surface area (Å²) in [5.74, 6) is -3.02. The Morgan fingerprint density at radius 1 is 1.13 bits per heavy atom. The molecule has 38 heavy (non-hydrogen) atoms. The summed E-state index contributed by atoms with van der Waals surface area (Å²) in [6.45, 7) is 1.28. The Morgan fingerprint density at radius 2 is 1.87 bits per heavy atom. The fourth-order valence-electron chi connectivity index (χ4n) is 5.57. The van der Waals surface area contributed by atoms with Crippen LogP contribution in [0.25, 0.3) is 0 Å². The Labute approximate surface area is 218 Å². The van der Waals surface area contributed by atoms with E-state index < -0.39 is 53.5 Å². The standard InChI is InChI=1S/C27H30N2O9/c1-11(31)12-7-14-21(18(8-12)38-19-9-15(28)17(32)10-37-19)27(36)23-22(25(14)34)24(33)13-3-2-4-16(29-5-6-30)20(13)26(23)35/h2-4,12,15,17-19,29-30,32,34,36H,5-10,28H2,1H3/t12?,15-,17+,18-,19?/m0/s1. The minimum absolute atomic E-state index is 0.0264. The monoisotopic (exact) mass is 526 g/mol. The van der Waals surface area contributed by atoms with E-state index in [0.29, 0.717) is 5.69 Å². The lowest BCUT2D eigenvalue weighted by molar-refractivity contribution is -0.217. The van der Waals surface area contributed by atoms with Crippen LogP contribution in [0.4, 0.5) is 5.69 Å². The van der Waals surface area contributed by atoms with Gasteiger partial charge >= 0.3 is 0 Å². The number of benzene rings is 2. The summed E-state index contributed by atoms with van der Waals surface area (Å²) >= 11 is 0. The molecule has 11 heteroatoms. The fourth-order valence-corrected chi connectivity index (χ4v) is 5.57. The number of hydrogen-bond acceptors (Lipinski definition) is 11. The van der Waals surface area contributed by atoms with Gasteiger partial charge in [-0.3, -0.25) is 14.4 Å². The summed E-state index contributed by atoms with van der Waals surface area (Å²) in [7, 11) is 0. The highest BCUT2D eigenvalue weighted by molar-refractivity contribution is 6.32. The van der Waals surface area contributed by atoms with E-state index >= 15 is 0 Å². The molecule has 2 aliphatic carbocycles. The van der Waals surface area contributed by atoms with Crippen molar-refractivity contribution in [1.29, 1.82) is 0 Å². The van der Waals surface area contributed by atoms with Crippen molar-refractivity contribution >= 4 is 23.0 Å². The first-order valence-corrected chi connectivity index (χ1v) is 12.5. The minimum atomic E-state index is -0.955.